The first kappa shape index (κ1) is 22.5. The Kier molecular flexibility index (Phi) is 6.56. The highest BCUT2D eigenvalue weighted by atomic mass is 32.2. The highest BCUT2D eigenvalue weighted by Gasteiger charge is 2.28. The van der Waals surface area contributed by atoms with Crippen molar-refractivity contribution < 1.29 is 14.3 Å². The third-order valence-corrected chi connectivity index (χ3v) is 7.90. The van der Waals surface area contributed by atoms with Crippen LogP contribution in [0.3, 0.4) is 0 Å². The van der Waals surface area contributed by atoms with Gasteiger partial charge in [-0.3, -0.25) is 9.36 Å². The smallest absolute Gasteiger partial charge is 0.235 e. The molecule has 2 aliphatic rings. The number of hydrogen-bond acceptors (Lipinski definition) is 8. The standard InChI is InChI=1S/C24H23N5O3S2/c1-2-11-29-22(19-13-31-17-8-4-5-9-18(17)32-19)27-28-24(29)33-14-21(30)26-23-16(12-25)15-7-3-6-10-20(15)34-23/h2,4-5,8-9,19H,1,3,6-7,10-11,13-14H2,(H,26,30). The van der Waals surface area contributed by atoms with Crippen LogP contribution in [0.2, 0.25) is 0 Å². The zero-order valence-electron chi connectivity index (χ0n) is 18.5. The number of hydrogen-bond donors (Lipinski definition) is 1. The van der Waals surface area contributed by atoms with Crippen molar-refractivity contribution in [2.45, 2.75) is 43.5 Å². The minimum absolute atomic E-state index is 0.146. The molecule has 1 unspecified atom stereocenters. The van der Waals surface area contributed by atoms with E-state index in [1.54, 1.807) is 6.08 Å². The first-order chi connectivity index (χ1) is 16.7. The van der Waals surface area contributed by atoms with Gasteiger partial charge < -0.3 is 14.8 Å². The summed E-state index contributed by atoms with van der Waals surface area (Å²) in [6, 6.07) is 9.78. The largest absolute Gasteiger partial charge is 0.485 e. The quantitative estimate of drug-likeness (QED) is 0.381. The topological polar surface area (TPSA) is 102 Å². The number of nitrogens with zero attached hydrogens (tertiary/aromatic N) is 4. The van der Waals surface area contributed by atoms with Gasteiger partial charge in [-0.2, -0.15) is 5.26 Å². The number of nitriles is 1. The Morgan fingerprint density at radius 3 is 2.97 bits per heavy atom. The van der Waals surface area contributed by atoms with Crippen LogP contribution in [0.15, 0.2) is 42.1 Å². The third-order valence-electron chi connectivity index (χ3n) is 5.72. The van der Waals surface area contributed by atoms with Gasteiger partial charge in [0.25, 0.3) is 0 Å². The normalized spacial score (nSPS) is 16.4. The number of para-hydroxylation sites is 2. The van der Waals surface area contributed by atoms with E-state index in [9.17, 15) is 10.1 Å². The molecule has 0 radical (unpaired) electrons. The summed E-state index contributed by atoms with van der Waals surface area (Å²) in [5.74, 6) is 1.95. The molecule has 174 valence electrons. The molecule has 1 atom stereocenters. The molecule has 8 nitrogen and oxygen atoms in total. The number of thioether (sulfide) groups is 1. The second-order valence-corrected chi connectivity index (χ2v) is 10.0. The average Bonchev–Trinajstić information content (AvgIpc) is 3.43. The number of rotatable bonds is 7. The van der Waals surface area contributed by atoms with E-state index in [1.165, 1.54) is 28.0 Å². The van der Waals surface area contributed by atoms with Crippen LogP contribution in [0.1, 0.15) is 40.8 Å². The molecular formula is C24H23N5O3S2. The zero-order valence-corrected chi connectivity index (χ0v) is 20.1. The van der Waals surface area contributed by atoms with Crippen molar-refractivity contribution in [3.8, 4) is 17.6 Å². The van der Waals surface area contributed by atoms with Gasteiger partial charge in [0.05, 0.1) is 11.3 Å². The van der Waals surface area contributed by atoms with E-state index in [-0.39, 0.29) is 11.7 Å². The molecule has 1 aliphatic heterocycles. The summed E-state index contributed by atoms with van der Waals surface area (Å²) < 4.78 is 13.8. The number of fused-ring (bicyclic) bond motifs is 2. The molecule has 0 saturated carbocycles. The Morgan fingerprint density at radius 2 is 2.15 bits per heavy atom. The molecule has 3 aromatic rings. The van der Waals surface area contributed by atoms with Crippen LogP contribution in [-0.2, 0) is 24.2 Å². The Bertz CT molecular complexity index is 1280. The summed E-state index contributed by atoms with van der Waals surface area (Å²) in [6.45, 7) is 4.63. The van der Waals surface area contributed by atoms with Crippen LogP contribution in [0.5, 0.6) is 11.5 Å². The lowest BCUT2D eigenvalue weighted by Crippen LogP contribution is -2.25. The summed E-state index contributed by atoms with van der Waals surface area (Å²) in [6.07, 6.45) is 5.44. The lowest BCUT2D eigenvalue weighted by atomic mass is 9.96. The lowest BCUT2D eigenvalue weighted by molar-refractivity contribution is -0.113. The fourth-order valence-corrected chi connectivity index (χ4v) is 6.17. The Balaban J connectivity index is 1.28. The van der Waals surface area contributed by atoms with Gasteiger partial charge in [0.2, 0.25) is 5.91 Å². The van der Waals surface area contributed by atoms with E-state index < -0.39 is 6.10 Å². The fourth-order valence-electron chi connectivity index (χ4n) is 4.16. The third kappa shape index (κ3) is 4.41. The summed E-state index contributed by atoms with van der Waals surface area (Å²) in [4.78, 5) is 13.9. The monoisotopic (exact) mass is 493 g/mol. The average molecular weight is 494 g/mol. The van der Waals surface area contributed by atoms with Crippen molar-refractivity contribution in [2.75, 3.05) is 17.7 Å². The number of amides is 1. The van der Waals surface area contributed by atoms with Crippen LogP contribution in [0, 0.1) is 11.3 Å². The number of aryl methyl sites for hydroxylation is 1. The van der Waals surface area contributed by atoms with Gasteiger partial charge in [0.1, 0.15) is 17.7 Å². The minimum atomic E-state index is -0.416. The second-order valence-electron chi connectivity index (χ2n) is 7.97. The van der Waals surface area contributed by atoms with Gasteiger partial charge in [-0.1, -0.05) is 30.0 Å². The number of aromatic nitrogens is 3. The Morgan fingerprint density at radius 1 is 1.32 bits per heavy atom. The molecule has 1 amide bonds. The van der Waals surface area contributed by atoms with E-state index in [4.69, 9.17) is 9.47 Å². The number of carbonyl (C=O) groups is 1. The molecule has 34 heavy (non-hydrogen) atoms. The first-order valence-electron chi connectivity index (χ1n) is 11.1. The molecule has 1 N–H and O–H groups in total. The molecule has 2 aromatic heterocycles. The van der Waals surface area contributed by atoms with Gasteiger partial charge in [-0.15, -0.1) is 28.1 Å². The molecule has 0 bridgehead atoms. The maximum atomic E-state index is 12.7. The van der Waals surface area contributed by atoms with Gasteiger partial charge in [-0.05, 0) is 43.4 Å². The molecule has 0 saturated heterocycles. The molecule has 1 aromatic carbocycles. The van der Waals surface area contributed by atoms with Gasteiger partial charge >= 0.3 is 0 Å². The lowest BCUT2D eigenvalue weighted by Gasteiger charge is -2.26. The highest BCUT2D eigenvalue weighted by Crippen LogP contribution is 2.38. The minimum Gasteiger partial charge on any atom is -0.485 e. The van der Waals surface area contributed by atoms with Crippen molar-refractivity contribution in [3.63, 3.8) is 0 Å². The van der Waals surface area contributed by atoms with E-state index in [2.05, 4.69) is 28.2 Å². The Labute approximate surface area is 205 Å². The maximum absolute atomic E-state index is 12.7. The molecule has 3 heterocycles. The number of carbonyl (C=O) groups excluding carboxylic acids is 1. The number of ether oxygens (including phenoxy) is 2. The maximum Gasteiger partial charge on any atom is 0.235 e. The molecule has 5 rings (SSSR count). The van der Waals surface area contributed by atoms with Gasteiger partial charge in [-0.25, -0.2) is 0 Å². The zero-order chi connectivity index (χ0) is 23.5. The molecule has 1 aliphatic carbocycles. The van der Waals surface area contributed by atoms with Crippen LogP contribution >= 0.6 is 23.1 Å². The van der Waals surface area contributed by atoms with Gasteiger partial charge in [0, 0.05) is 11.4 Å². The van der Waals surface area contributed by atoms with Crippen molar-refractivity contribution in [1.82, 2.24) is 14.8 Å². The summed E-state index contributed by atoms with van der Waals surface area (Å²) >= 11 is 2.81. The SMILES string of the molecule is C=CCn1c(SCC(=O)Nc2sc3c(c2C#N)CCCC3)nnc1C1COc2ccccc2O1. The van der Waals surface area contributed by atoms with Crippen LogP contribution < -0.4 is 14.8 Å². The summed E-state index contributed by atoms with van der Waals surface area (Å²) in [5.41, 5.74) is 1.72. The Hall–Kier alpha value is -3.29. The molecule has 0 fully saturated rings. The van der Waals surface area contributed by atoms with Crippen LogP contribution in [0.4, 0.5) is 5.00 Å². The van der Waals surface area contributed by atoms with E-state index in [1.807, 2.05) is 28.8 Å². The predicted molar refractivity (Wildman–Crippen MR) is 131 cm³/mol. The van der Waals surface area contributed by atoms with Gasteiger partial charge in [0.15, 0.2) is 28.6 Å². The number of benzene rings is 1. The number of anilines is 1. The van der Waals surface area contributed by atoms with Crippen molar-refractivity contribution in [3.05, 3.63) is 58.7 Å². The molecule has 0 spiro atoms. The van der Waals surface area contributed by atoms with E-state index in [0.717, 1.165) is 31.2 Å². The second kappa shape index (κ2) is 9.91. The van der Waals surface area contributed by atoms with Crippen LogP contribution in [-0.4, -0.2) is 33.0 Å². The number of allylic oxidation sites excluding steroid dienone is 1. The van der Waals surface area contributed by atoms with Crippen LogP contribution in [0.25, 0.3) is 0 Å². The van der Waals surface area contributed by atoms with Crippen molar-refractivity contribution in [2.24, 2.45) is 0 Å². The highest BCUT2D eigenvalue weighted by molar-refractivity contribution is 7.99. The predicted octanol–water partition coefficient (Wildman–Crippen LogP) is 4.52. The molecule has 10 heteroatoms. The number of nitrogens with one attached hydrogen (secondary N) is 1. The molecular weight excluding hydrogens is 470 g/mol. The summed E-state index contributed by atoms with van der Waals surface area (Å²) in [5, 5.41) is 22.4. The first-order valence-corrected chi connectivity index (χ1v) is 12.9. The van der Waals surface area contributed by atoms with E-state index >= 15 is 0 Å². The fraction of sp³-hybridized carbons (Fsp3) is 0.333. The van der Waals surface area contributed by atoms with Crippen molar-refractivity contribution >= 4 is 34.0 Å². The van der Waals surface area contributed by atoms with E-state index in [0.29, 0.717) is 46.2 Å². The number of thiophene rings is 1. The van der Waals surface area contributed by atoms with Crippen molar-refractivity contribution in [1.29, 1.82) is 5.26 Å². The summed E-state index contributed by atoms with van der Waals surface area (Å²) in [7, 11) is 0.